The summed E-state index contributed by atoms with van der Waals surface area (Å²) >= 11 is 0. The van der Waals surface area contributed by atoms with Gasteiger partial charge in [-0.2, -0.15) is 0 Å². The van der Waals surface area contributed by atoms with Gasteiger partial charge in [-0.25, -0.2) is 0 Å². The summed E-state index contributed by atoms with van der Waals surface area (Å²) in [6, 6.07) is 0. The SMILES string of the molecule is CC1(C)CCC(C(=O)CCC2CC2)CC1. The van der Waals surface area contributed by atoms with Crippen LogP contribution in [0.2, 0.25) is 0 Å². The van der Waals surface area contributed by atoms with Gasteiger partial charge < -0.3 is 0 Å². The van der Waals surface area contributed by atoms with Gasteiger partial charge >= 0.3 is 0 Å². The van der Waals surface area contributed by atoms with Gasteiger partial charge in [0, 0.05) is 12.3 Å². The smallest absolute Gasteiger partial charge is 0.135 e. The van der Waals surface area contributed by atoms with E-state index in [-0.39, 0.29) is 0 Å². The van der Waals surface area contributed by atoms with Crippen LogP contribution < -0.4 is 0 Å². The van der Waals surface area contributed by atoms with E-state index >= 15 is 0 Å². The Kier molecular flexibility index (Phi) is 3.18. The van der Waals surface area contributed by atoms with Crippen molar-refractivity contribution in [2.45, 2.75) is 65.2 Å². The molecule has 2 aliphatic rings. The minimum atomic E-state index is 0.414. The second-order valence-corrected chi connectivity index (χ2v) is 6.39. The van der Waals surface area contributed by atoms with Gasteiger partial charge in [-0.15, -0.1) is 0 Å². The molecule has 2 rings (SSSR count). The maximum Gasteiger partial charge on any atom is 0.135 e. The van der Waals surface area contributed by atoms with Crippen molar-refractivity contribution < 1.29 is 4.79 Å². The Morgan fingerprint density at radius 2 is 1.73 bits per heavy atom. The van der Waals surface area contributed by atoms with Crippen LogP contribution in [0.4, 0.5) is 0 Å². The van der Waals surface area contributed by atoms with E-state index in [9.17, 15) is 4.79 Å². The van der Waals surface area contributed by atoms with Crippen LogP contribution in [0, 0.1) is 17.3 Å². The minimum absolute atomic E-state index is 0.414. The summed E-state index contributed by atoms with van der Waals surface area (Å²) in [6.07, 6.45) is 9.59. The van der Waals surface area contributed by atoms with E-state index < -0.39 is 0 Å². The monoisotopic (exact) mass is 208 g/mol. The van der Waals surface area contributed by atoms with Crippen LogP contribution in [0.3, 0.4) is 0 Å². The standard InChI is InChI=1S/C14H24O/c1-14(2)9-7-12(8-10-14)13(15)6-5-11-3-4-11/h11-12H,3-10H2,1-2H3. The average Bonchev–Trinajstić information content (AvgIpc) is 2.97. The average molecular weight is 208 g/mol. The number of Topliss-reactive ketones (excluding diaryl/α,β-unsaturated/α-hetero) is 1. The Balaban J connectivity index is 1.71. The fourth-order valence-corrected chi connectivity index (χ4v) is 2.68. The van der Waals surface area contributed by atoms with Gasteiger partial charge in [-0.1, -0.05) is 26.7 Å². The largest absolute Gasteiger partial charge is 0.299 e. The molecule has 2 aliphatic carbocycles. The fourth-order valence-electron chi connectivity index (χ4n) is 2.68. The summed E-state index contributed by atoms with van der Waals surface area (Å²) in [5.41, 5.74) is 0.493. The van der Waals surface area contributed by atoms with E-state index in [1.165, 1.54) is 32.1 Å². The number of hydrogen-bond donors (Lipinski definition) is 0. The lowest BCUT2D eigenvalue weighted by Crippen LogP contribution is -2.26. The van der Waals surface area contributed by atoms with E-state index in [0.29, 0.717) is 17.1 Å². The van der Waals surface area contributed by atoms with Gasteiger partial charge in [0.25, 0.3) is 0 Å². The van der Waals surface area contributed by atoms with Gasteiger partial charge in [0.1, 0.15) is 5.78 Å². The van der Waals surface area contributed by atoms with Crippen LogP contribution in [-0.4, -0.2) is 5.78 Å². The third kappa shape index (κ3) is 3.32. The Bertz CT molecular complexity index is 228. The van der Waals surface area contributed by atoms with Crippen LogP contribution in [-0.2, 0) is 4.79 Å². The summed E-state index contributed by atoms with van der Waals surface area (Å²) < 4.78 is 0. The summed E-state index contributed by atoms with van der Waals surface area (Å²) in [5, 5.41) is 0. The first kappa shape index (κ1) is 11.2. The zero-order valence-electron chi connectivity index (χ0n) is 10.2. The maximum atomic E-state index is 11.9. The predicted molar refractivity (Wildman–Crippen MR) is 62.7 cm³/mol. The zero-order valence-corrected chi connectivity index (χ0v) is 10.2. The lowest BCUT2D eigenvalue weighted by atomic mass is 9.71. The van der Waals surface area contributed by atoms with Crippen molar-refractivity contribution in [3.63, 3.8) is 0 Å². The van der Waals surface area contributed by atoms with Crippen molar-refractivity contribution in [1.82, 2.24) is 0 Å². The first-order valence-corrected chi connectivity index (χ1v) is 6.59. The second-order valence-electron chi connectivity index (χ2n) is 6.39. The highest BCUT2D eigenvalue weighted by atomic mass is 16.1. The van der Waals surface area contributed by atoms with Crippen LogP contribution in [0.1, 0.15) is 65.2 Å². The molecule has 1 heteroatoms. The lowest BCUT2D eigenvalue weighted by molar-refractivity contribution is -0.124. The highest BCUT2D eigenvalue weighted by Crippen LogP contribution is 2.39. The molecule has 0 aromatic carbocycles. The van der Waals surface area contributed by atoms with Crippen LogP contribution in [0.15, 0.2) is 0 Å². The molecular formula is C14H24O. The van der Waals surface area contributed by atoms with Crippen molar-refractivity contribution in [1.29, 1.82) is 0 Å². The quantitative estimate of drug-likeness (QED) is 0.683. The number of carbonyl (C=O) groups excluding carboxylic acids is 1. The molecule has 0 radical (unpaired) electrons. The normalized spacial score (nSPS) is 26.5. The van der Waals surface area contributed by atoms with Crippen molar-refractivity contribution >= 4 is 5.78 Å². The molecule has 0 aromatic rings. The molecule has 0 aromatic heterocycles. The summed E-state index contributed by atoms with van der Waals surface area (Å²) in [6.45, 7) is 4.66. The van der Waals surface area contributed by atoms with Gasteiger partial charge in [0.05, 0.1) is 0 Å². The first-order chi connectivity index (χ1) is 7.07. The Morgan fingerprint density at radius 3 is 2.27 bits per heavy atom. The van der Waals surface area contributed by atoms with E-state index in [1.807, 2.05) is 0 Å². The Hall–Kier alpha value is -0.330. The van der Waals surface area contributed by atoms with E-state index in [4.69, 9.17) is 0 Å². The van der Waals surface area contributed by atoms with Crippen LogP contribution in [0.5, 0.6) is 0 Å². The molecular weight excluding hydrogens is 184 g/mol. The molecule has 0 N–H and O–H groups in total. The zero-order chi connectivity index (χ0) is 10.9. The van der Waals surface area contributed by atoms with E-state index in [1.54, 1.807) is 0 Å². The summed E-state index contributed by atoms with van der Waals surface area (Å²) in [4.78, 5) is 11.9. The van der Waals surface area contributed by atoms with E-state index in [0.717, 1.165) is 25.2 Å². The molecule has 15 heavy (non-hydrogen) atoms. The molecule has 0 heterocycles. The molecule has 2 saturated carbocycles. The van der Waals surface area contributed by atoms with Crippen molar-refractivity contribution in [3.05, 3.63) is 0 Å². The van der Waals surface area contributed by atoms with Gasteiger partial charge in [0.15, 0.2) is 0 Å². The van der Waals surface area contributed by atoms with Gasteiger partial charge in [0.2, 0.25) is 0 Å². The Labute approximate surface area is 93.6 Å². The molecule has 1 nitrogen and oxygen atoms in total. The number of hydrogen-bond acceptors (Lipinski definition) is 1. The molecule has 0 aliphatic heterocycles. The summed E-state index contributed by atoms with van der Waals surface area (Å²) in [5.74, 6) is 1.89. The molecule has 0 atom stereocenters. The van der Waals surface area contributed by atoms with Crippen molar-refractivity contribution in [3.8, 4) is 0 Å². The number of ketones is 1. The third-order valence-electron chi connectivity index (χ3n) is 4.29. The highest BCUT2D eigenvalue weighted by molar-refractivity contribution is 5.81. The van der Waals surface area contributed by atoms with Crippen molar-refractivity contribution in [2.24, 2.45) is 17.3 Å². The third-order valence-corrected chi connectivity index (χ3v) is 4.29. The molecule has 0 spiro atoms. The summed E-state index contributed by atoms with van der Waals surface area (Å²) in [7, 11) is 0. The molecule has 0 bridgehead atoms. The van der Waals surface area contributed by atoms with Crippen molar-refractivity contribution in [2.75, 3.05) is 0 Å². The van der Waals surface area contributed by atoms with Crippen LogP contribution >= 0.6 is 0 Å². The highest BCUT2D eigenvalue weighted by Gasteiger charge is 2.31. The molecule has 86 valence electrons. The van der Waals surface area contributed by atoms with Crippen LogP contribution in [0.25, 0.3) is 0 Å². The van der Waals surface area contributed by atoms with Gasteiger partial charge in [-0.3, -0.25) is 4.79 Å². The maximum absolute atomic E-state index is 11.9. The predicted octanol–water partition coefficient (Wildman–Crippen LogP) is 3.96. The lowest BCUT2D eigenvalue weighted by Gasteiger charge is -2.33. The molecule has 0 unspecified atom stereocenters. The number of carbonyl (C=O) groups is 1. The fraction of sp³-hybridized carbons (Fsp3) is 0.929. The first-order valence-electron chi connectivity index (χ1n) is 6.59. The van der Waals surface area contributed by atoms with Gasteiger partial charge in [-0.05, 0) is 43.4 Å². The number of rotatable bonds is 4. The molecule has 2 fully saturated rings. The second kappa shape index (κ2) is 4.27. The minimum Gasteiger partial charge on any atom is -0.299 e. The Morgan fingerprint density at radius 1 is 1.13 bits per heavy atom. The topological polar surface area (TPSA) is 17.1 Å². The molecule has 0 amide bonds. The van der Waals surface area contributed by atoms with E-state index in [2.05, 4.69) is 13.8 Å². The molecule has 0 saturated heterocycles.